The Morgan fingerprint density at radius 1 is 0.731 bits per heavy atom. The summed E-state index contributed by atoms with van der Waals surface area (Å²) in [6, 6.07) is 0. The molecule has 0 bridgehead atoms. The fourth-order valence-corrected chi connectivity index (χ4v) is 4.37. The van der Waals surface area contributed by atoms with Crippen LogP contribution in [0.15, 0.2) is 0 Å². The number of nitrogens with zero attached hydrogens (tertiary/aromatic N) is 1. The second kappa shape index (κ2) is 17.0. The van der Waals surface area contributed by atoms with E-state index in [0.29, 0.717) is 6.42 Å². The summed E-state index contributed by atoms with van der Waals surface area (Å²) >= 11 is 0. The van der Waals surface area contributed by atoms with Crippen LogP contribution in [0.5, 0.6) is 0 Å². The van der Waals surface area contributed by atoms with E-state index in [2.05, 4.69) is 13.8 Å². The Morgan fingerprint density at radius 2 is 1.19 bits per heavy atom. The summed E-state index contributed by atoms with van der Waals surface area (Å²) in [4.78, 5) is 2.01. The van der Waals surface area contributed by atoms with E-state index in [0.717, 1.165) is 32.2 Å². The van der Waals surface area contributed by atoms with Crippen molar-refractivity contribution < 1.29 is 12.6 Å². The van der Waals surface area contributed by atoms with Gasteiger partial charge in [-0.05, 0) is 39.9 Å². The van der Waals surface area contributed by atoms with E-state index >= 15 is 0 Å². The first kappa shape index (κ1) is 25.9. The van der Waals surface area contributed by atoms with E-state index in [1.54, 1.807) is 0 Å². The summed E-state index contributed by atoms with van der Waals surface area (Å²) in [6.45, 7) is 5.21. The highest BCUT2D eigenvalue weighted by Crippen LogP contribution is 2.18. The monoisotopic (exact) mass is 391 g/mol. The van der Waals surface area contributed by atoms with Gasteiger partial charge in [0.1, 0.15) is 0 Å². The molecule has 1 unspecified atom stereocenters. The van der Waals surface area contributed by atoms with Crippen LogP contribution in [0.3, 0.4) is 0 Å². The lowest BCUT2D eigenvalue weighted by Gasteiger charge is -2.18. The van der Waals surface area contributed by atoms with Crippen LogP contribution in [-0.2, 0) is 14.3 Å². The van der Waals surface area contributed by atoms with Gasteiger partial charge in [0.25, 0.3) is 10.1 Å². The minimum Gasteiger partial charge on any atom is -0.309 e. The van der Waals surface area contributed by atoms with Gasteiger partial charge >= 0.3 is 0 Å². The maximum absolute atomic E-state index is 12.3. The van der Waals surface area contributed by atoms with E-state index in [1.807, 2.05) is 19.0 Å². The largest absolute Gasteiger partial charge is 0.309 e. The summed E-state index contributed by atoms with van der Waals surface area (Å²) < 4.78 is 30.2. The van der Waals surface area contributed by atoms with Crippen LogP contribution in [0, 0.1) is 0 Å². The molecule has 0 aromatic rings. The summed E-state index contributed by atoms with van der Waals surface area (Å²) in [5, 5.41) is 0. The van der Waals surface area contributed by atoms with Crippen LogP contribution in [0.4, 0.5) is 0 Å². The van der Waals surface area contributed by atoms with Crippen LogP contribution in [0.1, 0.15) is 104 Å². The zero-order chi connectivity index (χ0) is 19.7. The van der Waals surface area contributed by atoms with Crippen LogP contribution in [-0.4, -0.2) is 45.8 Å². The maximum atomic E-state index is 12.3. The number of rotatable bonds is 19. The molecule has 0 heterocycles. The number of unbranched alkanes of at least 4 members (excludes halogenated alkanes) is 9. The van der Waals surface area contributed by atoms with Gasteiger partial charge in [-0.2, -0.15) is 8.42 Å². The van der Waals surface area contributed by atoms with Gasteiger partial charge in [0, 0.05) is 0 Å². The van der Waals surface area contributed by atoms with Crippen molar-refractivity contribution in [2.45, 2.75) is 110 Å². The Balaban J connectivity index is 4.22. The molecule has 4 nitrogen and oxygen atoms in total. The van der Waals surface area contributed by atoms with Crippen molar-refractivity contribution in [1.82, 2.24) is 4.90 Å². The Labute approximate surface area is 164 Å². The van der Waals surface area contributed by atoms with Gasteiger partial charge < -0.3 is 4.90 Å². The van der Waals surface area contributed by atoms with Gasteiger partial charge in [0.2, 0.25) is 0 Å². The lowest BCUT2D eigenvalue weighted by atomic mass is 10.0. The first-order valence-electron chi connectivity index (χ1n) is 11.0. The van der Waals surface area contributed by atoms with Gasteiger partial charge in [-0.3, -0.25) is 4.18 Å². The van der Waals surface area contributed by atoms with Gasteiger partial charge in [-0.15, -0.1) is 0 Å². The van der Waals surface area contributed by atoms with E-state index in [-0.39, 0.29) is 11.9 Å². The molecule has 0 aliphatic heterocycles. The zero-order valence-electron chi connectivity index (χ0n) is 18.0. The molecule has 0 aliphatic carbocycles. The molecule has 0 spiro atoms. The Hall–Kier alpha value is -0.130. The number of hydrogen-bond donors (Lipinski definition) is 0. The summed E-state index contributed by atoms with van der Waals surface area (Å²) in [5.41, 5.74) is 0. The molecule has 0 aromatic carbocycles. The molecule has 0 fully saturated rings. The summed E-state index contributed by atoms with van der Waals surface area (Å²) in [6.07, 6.45) is 15.7. The van der Waals surface area contributed by atoms with Gasteiger partial charge in [-0.25, -0.2) is 0 Å². The van der Waals surface area contributed by atoms with Crippen LogP contribution in [0.2, 0.25) is 0 Å². The third-order valence-corrected chi connectivity index (χ3v) is 6.15. The quantitative estimate of drug-likeness (QED) is 0.207. The minimum absolute atomic E-state index is 0.119. The lowest BCUT2D eigenvalue weighted by Crippen LogP contribution is -2.23. The van der Waals surface area contributed by atoms with Crippen molar-refractivity contribution in [3.8, 4) is 0 Å². The topological polar surface area (TPSA) is 46.6 Å². The SMILES string of the molecule is CCCCCCCCCC(CCCCCC)OS(=O)(=O)CCCN(C)C. The molecule has 0 N–H and O–H groups in total. The fraction of sp³-hybridized carbons (Fsp3) is 1.00. The molecule has 0 rings (SSSR count). The van der Waals surface area contributed by atoms with Crippen LogP contribution < -0.4 is 0 Å². The standard InChI is InChI=1S/C21H45NO3S/c1-5-7-9-11-12-13-15-18-21(17-14-10-8-6-2)25-26(23,24)20-16-19-22(3)4/h21H,5-20H2,1-4H3. The minimum atomic E-state index is -3.40. The highest BCUT2D eigenvalue weighted by molar-refractivity contribution is 7.86. The third-order valence-electron chi connectivity index (χ3n) is 4.79. The van der Waals surface area contributed by atoms with Gasteiger partial charge in [0.05, 0.1) is 11.9 Å². The molecule has 0 aliphatic rings. The molecule has 0 saturated carbocycles. The van der Waals surface area contributed by atoms with E-state index in [4.69, 9.17) is 4.18 Å². The predicted octanol–water partition coefficient (Wildman–Crippen LogP) is 5.76. The van der Waals surface area contributed by atoms with Gasteiger partial charge in [-0.1, -0.05) is 84.5 Å². The number of hydrogen-bond acceptors (Lipinski definition) is 4. The fourth-order valence-electron chi connectivity index (χ4n) is 3.18. The molecule has 158 valence electrons. The molecule has 0 radical (unpaired) electrons. The maximum Gasteiger partial charge on any atom is 0.267 e. The van der Waals surface area contributed by atoms with Crippen molar-refractivity contribution in [2.24, 2.45) is 0 Å². The van der Waals surface area contributed by atoms with E-state index in [1.165, 1.54) is 57.8 Å². The molecule has 1 atom stereocenters. The molecule has 0 amide bonds. The smallest absolute Gasteiger partial charge is 0.267 e. The van der Waals surface area contributed by atoms with Crippen molar-refractivity contribution >= 4 is 10.1 Å². The average Bonchev–Trinajstić information content (AvgIpc) is 2.56. The first-order chi connectivity index (χ1) is 12.4. The van der Waals surface area contributed by atoms with E-state index in [9.17, 15) is 8.42 Å². The lowest BCUT2D eigenvalue weighted by molar-refractivity contribution is 0.179. The van der Waals surface area contributed by atoms with Crippen LogP contribution in [0.25, 0.3) is 0 Å². The van der Waals surface area contributed by atoms with Crippen molar-refractivity contribution in [3.63, 3.8) is 0 Å². The van der Waals surface area contributed by atoms with E-state index < -0.39 is 10.1 Å². The zero-order valence-corrected chi connectivity index (χ0v) is 18.8. The molecule has 26 heavy (non-hydrogen) atoms. The second-order valence-electron chi connectivity index (χ2n) is 7.90. The Kier molecular flexibility index (Phi) is 16.9. The first-order valence-corrected chi connectivity index (χ1v) is 12.5. The van der Waals surface area contributed by atoms with Gasteiger partial charge in [0.15, 0.2) is 0 Å². The average molecular weight is 392 g/mol. The Bertz CT molecular complexity index is 396. The molecule has 0 saturated heterocycles. The molecular weight excluding hydrogens is 346 g/mol. The highest BCUT2D eigenvalue weighted by atomic mass is 32.2. The summed E-state index contributed by atoms with van der Waals surface area (Å²) in [7, 11) is 0.525. The van der Waals surface area contributed by atoms with Crippen molar-refractivity contribution in [1.29, 1.82) is 0 Å². The van der Waals surface area contributed by atoms with Crippen molar-refractivity contribution in [2.75, 3.05) is 26.4 Å². The van der Waals surface area contributed by atoms with Crippen LogP contribution >= 0.6 is 0 Å². The Morgan fingerprint density at radius 3 is 1.69 bits per heavy atom. The summed E-state index contributed by atoms with van der Waals surface area (Å²) in [5.74, 6) is 0.133. The normalized spacial score (nSPS) is 13.4. The van der Waals surface area contributed by atoms with Crippen molar-refractivity contribution in [3.05, 3.63) is 0 Å². The third kappa shape index (κ3) is 17.3. The molecule has 5 heteroatoms. The second-order valence-corrected chi connectivity index (χ2v) is 9.61. The predicted molar refractivity (Wildman–Crippen MR) is 113 cm³/mol. The molecule has 0 aromatic heterocycles. The molecular formula is C21H45NO3S. The highest BCUT2D eigenvalue weighted by Gasteiger charge is 2.19.